The average molecular weight is 349 g/mol. The molecule has 1 aliphatic heterocycles. The molecule has 0 radical (unpaired) electrons. The summed E-state index contributed by atoms with van der Waals surface area (Å²) in [6, 6.07) is 8.71. The molecule has 0 fully saturated rings. The Morgan fingerprint density at radius 2 is 1.91 bits per heavy atom. The first kappa shape index (κ1) is 15.4. The molecule has 1 heterocycles. The second-order valence-electron chi connectivity index (χ2n) is 4.88. The summed E-state index contributed by atoms with van der Waals surface area (Å²) >= 11 is 11.8. The average Bonchev–Trinajstić information content (AvgIpc) is 2.77. The van der Waals surface area contributed by atoms with Crippen molar-refractivity contribution < 1.29 is 14.7 Å². The number of carbonyl (C=O) groups is 2. The van der Waals surface area contributed by atoms with Crippen molar-refractivity contribution in [1.82, 2.24) is 0 Å². The number of para-hydroxylation sites is 1. The van der Waals surface area contributed by atoms with E-state index in [1.165, 1.54) is 18.2 Å². The van der Waals surface area contributed by atoms with Crippen LogP contribution < -0.4 is 10.6 Å². The van der Waals surface area contributed by atoms with Gasteiger partial charge in [0.1, 0.15) is 5.75 Å². The zero-order valence-corrected chi connectivity index (χ0v) is 13.1. The molecule has 5 nitrogen and oxygen atoms in total. The van der Waals surface area contributed by atoms with Gasteiger partial charge >= 0.3 is 6.03 Å². The summed E-state index contributed by atoms with van der Waals surface area (Å²) in [4.78, 5) is 24.9. The predicted octanol–water partition coefficient (Wildman–Crippen LogP) is 3.66. The molecule has 0 unspecified atom stereocenters. The molecule has 7 heteroatoms. The van der Waals surface area contributed by atoms with Crippen LogP contribution in [0.3, 0.4) is 0 Å². The zero-order valence-electron chi connectivity index (χ0n) is 11.6. The lowest BCUT2D eigenvalue weighted by Gasteiger charge is -2.10. The Bertz CT molecular complexity index is 878. The van der Waals surface area contributed by atoms with Gasteiger partial charge in [-0.2, -0.15) is 0 Å². The zero-order chi connectivity index (χ0) is 16.7. The van der Waals surface area contributed by atoms with Crippen molar-refractivity contribution in [2.75, 3.05) is 4.90 Å². The number of aromatic hydroxyl groups is 1. The second kappa shape index (κ2) is 5.61. The Labute approximate surface area is 141 Å². The van der Waals surface area contributed by atoms with E-state index in [9.17, 15) is 14.7 Å². The molecule has 0 saturated heterocycles. The molecule has 0 bridgehead atoms. The number of nitrogens with zero attached hydrogens (tertiary/aromatic N) is 1. The number of amides is 3. The largest absolute Gasteiger partial charge is 0.506 e. The van der Waals surface area contributed by atoms with Crippen LogP contribution >= 0.6 is 23.2 Å². The minimum Gasteiger partial charge on any atom is -0.506 e. The molecule has 2 aromatic rings. The van der Waals surface area contributed by atoms with Crippen LogP contribution in [-0.2, 0) is 4.79 Å². The molecule has 0 aliphatic carbocycles. The number of rotatable bonds is 1. The van der Waals surface area contributed by atoms with Gasteiger partial charge in [0.25, 0.3) is 5.91 Å². The van der Waals surface area contributed by atoms with Crippen molar-refractivity contribution in [2.45, 2.75) is 0 Å². The Morgan fingerprint density at radius 1 is 1.22 bits per heavy atom. The Kier molecular flexibility index (Phi) is 3.75. The third-order valence-electron chi connectivity index (χ3n) is 3.45. The molecule has 0 atom stereocenters. The number of primary amides is 1. The van der Waals surface area contributed by atoms with Gasteiger partial charge in [0.15, 0.2) is 0 Å². The van der Waals surface area contributed by atoms with E-state index >= 15 is 0 Å². The van der Waals surface area contributed by atoms with Gasteiger partial charge in [0, 0.05) is 16.1 Å². The normalized spacial score (nSPS) is 15.1. The standard InChI is InChI=1S/C16H10Cl2N2O3/c17-9-5-8(14(21)12(18)7-9)6-11-10-3-1-2-4-13(10)20(15(11)22)16(19)23/h1-7,21H,(H2,19,23). The van der Waals surface area contributed by atoms with Gasteiger partial charge in [-0.05, 0) is 24.3 Å². The van der Waals surface area contributed by atoms with Crippen LogP contribution in [0.2, 0.25) is 10.0 Å². The van der Waals surface area contributed by atoms with Gasteiger partial charge in [-0.3, -0.25) is 4.79 Å². The van der Waals surface area contributed by atoms with Gasteiger partial charge in [-0.25, -0.2) is 9.69 Å². The van der Waals surface area contributed by atoms with Crippen molar-refractivity contribution in [3.63, 3.8) is 0 Å². The van der Waals surface area contributed by atoms with E-state index in [1.807, 2.05) is 0 Å². The molecule has 0 saturated carbocycles. The number of benzene rings is 2. The minimum absolute atomic E-state index is 0.0647. The highest BCUT2D eigenvalue weighted by molar-refractivity contribution is 6.42. The third kappa shape index (κ3) is 2.54. The fraction of sp³-hybridized carbons (Fsp3) is 0. The molecule has 3 amide bonds. The second-order valence-corrected chi connectivity index (χ2v) is 5.72. The number of phenols is 1. The van der Waals surface area contributed by atoms with Crippen molar-refractivity contribution in [2.24, 2.45) is 5.73 Å². The Morgan fingerprint density at radius 3 is 2.61 bits per heavy atom. The quantitative estimate of drug-likeness (QED) is 0.771. The highest BCUT2D eigenvalue weighted by Gasteiger charge is 2.35. The van der Waals surface area contributed by atoms with Gasteiger partial charge in [-0.15, -0.1) is 0 Å². The maximum atomic E-state index is 12.5. The number of fused-ring (bicyclic) bond motifs is 1. The topological polar surface area (TPSA) is 83.6 Å². The molecular weight excluding hydrogens is 339 g/mol. The number of hydrogen-bond acceptors (Lipinski definition) is 3. The fourth-order valence-electron chi connectivity index (χ4n) is 2.45. The van der Waals surface area contributed by atoms with Crippen molar-refractivity contribution in [3.05, 3.63) is 57.6 Å². The summed E-state index contributed by atoms with van der Waals surface area (Å²) in [5.41, 5.74) is 6.70. The van der Waals surface area contributed by atoms with E-state index in [1.54, 1.807) is 24.3 Å². The molecule has 0 spiro atoms. The summed E-state index contributed by atoms with van der Waals surface area (Å²) in [7, 11) is 0. The van der Waals surface area contributed by atoms with Crippen LogP contribution in [0.4, 0.5) is 10.5 Å². The molecule has 116 valence electrons. The summed E-state index contributed by atoms with van der Waals surface area (Å²) in [6.45, 7) is 0. The van der Waals surface area contributed by atoms with Crippen LogP contribution in [0.15, 0.2) is 36.4 Å². The van der Waals surface area contributed by atoms with Crippen molar-refractivity contribution in [1.29, 1.82) is 0 Å². The van der Waals surface area contributed by atoms with E-state index in [-0.39, 0.29) is 21.9 Å². The van der Waals surface area contributed by atoms with Crippen LogP contribution in [0, 0.1) is 0 Å². The lowest BCUT2D eigenvalue weighted by atomic mass is 10.0. The number of phenolic OH excluding ortho intramolecular Hbond substituents is 1. The lowest BCUT2D eigenvalue weighted by Crippen LogP contribution is -2.37. The van der Waals surface area contributed by atoms with Gasteiger partial charge in [-0.1, -0.05) is 41.4 Å². The Hall–Kier alpha value is -2.50. The van der Waals surface area contributed by atoms with E-state index in [0.717, 1.165) is 4.90 Å². The van der Waals surface area contributed by atoms with Crippen molar-refractivity contribution >= 4 is 52.5 Å². The van der Waals surface area contributed by atoms with E-state index < -0.39 is 11.9 Å². The van der Waals surface area contributed by atoms with Gasteiger partial charge < -0.3 is 10.8 Å². The highest BCUT2D eigenvalue weighted by Crippen LogP contribution is 2.40. The number of halogens is 2. The first-order valence-electron chi connectivity index (χ1n) is 6.53. The number of carbonyl (C=O) groups excluding carboxylic acids is 2. The molecular formula is C16H10Cl2N2O3. The summed E-state index contributed by atoms with van der Waals surface area (Å²) in [5.74, 6) is -0.777. The molecule has 3 N–H and O–H groups in total. The molecule has 2 aromatic carbocycles. The van der Waals surface area contributed by atoms with Gasteiger partial charge in [0.2, 0.25) is 0 Å². The molecule has 23 heavy (non-hydrogen) atoms. The third-order valence-corrected chi connectivity index (χ3v) is 3.95. The lowest BCUT2D eigenvalue weighted by molar-refractivity contribution is -0.112. The number of anilines is 1. The maximum Gasteiger partial charge on any atom is 0.326 e. The summed E-state index contributed by atoms with van der Waals surface area (Å²) in [5, 5.41) is 10.4. The van der Waals surface area contributed by atoms with Crippen LogP contribution in [-0.4, -0.2) is 17.0 Å². The highest BCUT2D eigenvalue weighted by atomic mass is 35.5. The van der Waals surface area contributed by atoms with Crippen molar-refractivity contribution in [3.8, 4) is 5.75 Å². The molecule has 3 rings (SSSR count). The summed E-state index contributed by atoms with van der Waals surface area (Å²) in [6.07, 6.45) is 1.43. The molecule has 1 aliphatic rings. The molecule has 0 aromatic heterocycles. The maximum absolute atomic E-state index is 12.5. The van der Waals surface area contributed by atoms with E-state index in [4.69, 9.17) is 28.9 Å². The Balaban J connectivity index is 2.21. The number of urea groups is 1. The van der Waals surface area contributed by atoms with E-state index in [2.05, 4.69) is 0 Å². The van der Waals surface area contributed by atoms with Crippen LogP contribution in [0.1, 0.15) is 11.1 Å². The van der Waals surface area contributed by atoms with Crippen LogP contribution in [0.25, 0.3) is 11.6 Å². The summed E-state index contributed by atoms with van der Waals surface area (Å²) < 4.78 is 0. The smallest absolute Gasteiger partial charge is 0.326 e. The first-order chi connectivity index (χ1) is 10.9. The number of imide groups is 1. The monoisotopic (exact) mass is 348 g/mol. The SMILES string of the molecule is NC(=O)N1C(=O)C(=Cc2cc(Cl)cc(Cl)c2O)c2ccccc21. The van der Waals surface area contributed by atoms with Gasteiger partial charge in [0.05, 0.1) is 16.3 Å². The minimum atomic E-state index is -0.876. The fourth-order valence-corrected chi connectivity index (χ4v) is 2.96. The number of nitrogens with two attached hydrogens (primary N) is 1. The predicted molar refractivity (Wildman–Crippen MR) is 89.5 cm³/mol. The first-order valence-corrected chi connectivity index (χ1v) is 7.28. The van der Waals surface area contributed by atoms with E-state index in [0.29, 0.717) is 16.3 Å². The van der Waals surface area contributed by atoms with Crippen LogP contribution in [0.5, 0.6) is 5.75 Å². The number of hydrogen-bond donors (Lipinski definition) is 2.